The molecular formula is C17H20N2O3. The molecule has 0 aromatic heterocycles. The van der Waals surface area contributed by atoms with E-state index in [1.165, 1.54) is 0 Å². The number of ether oxygens (including phenoxy) is 2. The molecule has 1 fully saturated rings. The fraction of sp³-hybridized carbons (Fsp3) is 0.529. The molecule has 0 aliphatic carbocycles. The van der Waals surface area contributed by atoms with Crippen LogP contribution in [-0.4, -0.2) is 37.6 Å². The number of methoxy groups -OCH3 is 1. The van der Waals surface area contributed by atoms with Crippen LogP contribution in [0.2, 0.25) is 0 Å². The number of carbonyl (C=O) groups is 1. The maximum atomic E-state index is 12.8. The van der Waals surface area contributed by atoms with Gasteiger partial charge in [-0.3, -0.25) is 4.79 Å². The fourth-order valence-corrected chi connectivity index (χ4v) is 3.42. The highest BCUT2D eigenvalue weighted by atomic mass is 16.5. The van der Waals surface area contributed by atoms with Crippen LogP contribution < -0.4 is 9.47 Å². The van der Waals surface area contributed by atoms with E-state index in [9.17, 15) is 4.79 Å². The lowest BCUT2D eigenvalue weighted by Gasteiger charge is -2.27. The minimum absolute atomic E-state index is 0.157. The quantitative estimate of drug-likeness (QED) is 0.783. The molecule has 0 N–H and O–H groups in total. The second kappa shape index (κ2) is 6.27. The number of likely N-dealkylation sites (tertiary alicyclic amines) is 1. The van der Waals surface area contributed by atoms with E-state index < -0.39 is 0 Å². The lowest BCUT2D eigenvalue weighted by molar-refractivity contribution is -0.129. The van der Waals surface area contributed by atoms with E-state index >= 15 is 0 Å². The first kappa shape index (κ1) is 14.7. The van der Waals surface area contributed by atoms with Crippen molar-refractivity contribution in [3.05, 3.63) is 23.8 Å². The Morgan fingerprint density at radius 1 is 1.45 bits per heavy atom. The maximum absolute atomic E-state index is 12.8. The van der Waals surface area contributed by atoms with E-state index in [0.717, 1.165) is 43.0 Å². The van der Waals surface area contributed by atoms with E-state index in [1.54, 1.807) is 7.11 Å². The van der Waals surface area contributed by atoms with E-state index in [4.69, 9.17) is 14.7 Å². The zero-order chi connectivity index (χ0) is 15.5. The van der Waals surface area contributed by atoms with Gasteiger partial charge in [-0.05, 0) is 25.0 Å². The maximum Gasteiger partial charge on any atom is 0.230 e. The normalized spacial score (nSPS) is 22.5. The number of fused-ring (bicyclic) bond motifs is 3. The zero-order valence-electron chi connectivity index (χ0n) is 12.7. The predicted octanol–water partition coefficient (Wildman–Crippen LogP) is 2.32. The number of carbonyl (C=O) groups excluding carboxylic acids is 1. The van der Waals surface area contributed by atoms with Gasteiger partial charge in [-0.1, -0.05) is 6.07 Å². The Hall–Kier alpha value is -2.22. The molecular weight excluding hydrogens is 280 g/mol. The van der Waals surface area contributed by atoms with Crippen LogP contribution in [-0.2, 0) is 4.79 Å². The minimum atomic E-state index is -0.157. The molecule has 1 aromatic carbocycles. The fourth-order valence-electron chi connectivity index (χ4n) is 3.42. The van der Waals surface area contributed by atoms with Crippen LogP contribution in [0.5, 0.6) is 11.5 Å². The number of rotatable bonds is 5. The van der Waals surface area contributed by atoms with Gasteiger partial charge in [0.2, 0.25) is 5.91 Å². The van der Waals surface area contributed by atoms with Crippen molar-refractivity contribution in [2.24, 2.45) is 5.92 Å². The van der Waals surface area contributed by atoms with Gasteiger partial charge in [0.15, 0.2) is 0 Å². The summed E-state index contributed by atoms with van der Waals surface area (Å²) in [5, 5.41) is 8.58. The molecule has 1 amide bonds. The Labute approximate surface area is 130 Å². The summed E-state index contributed by atoms with van der Waals surface area (Å²) >= 11 is 0. The molecule has 1 saturated heterocycles. The van der Waals surface area contributed by atoms with Crippen LogP contribution in [0.25, 0.3) is 0 Å². The molecule has 1 aromatic rings. The lowest BCUT2D eigenvalue weighted by atomic mass is 9.86. The van der Waals surface area contributed by atoms with Gasteiger partial charge in [0.25, 0.3) is 0 Å². The Morgan fingerprint density at radius 2 is 2.32 bits per heavy atom. The van der Waals surface area contributed by atoms with Crippen molar-refractivity contribution in [1.29, 1.82) is 5.26 Å². The summed E-state index contributed by atoms with van der Waals surface area (Å²) < 4.78 is 11.2. The van der Waals surface area contributed by atoms with Crippen molar-refractivity contribution in [3.63, 3.8) is 0 Å². The lowest BCUT2D eigenvalue weighted by Crippen LogP contribution is -2.28. The minimum Gasteiger partial charge on any atom is -0.496 e. The summed E-state index contributed by atoms with van der Waals surface area (Å²) in [5.41, 5.74) is 0.894. The highest BCUT2D eigenvalue weighted by Gasteiger charge is 2.46. The molecule has 5 heteroatoms. The number of hydrogen-bond acceptors (Lipinski definition) is 4. The Kier molecular flexibility index (Phi) is 4.19. The summed E-state index contributed by atoms with van der Waals surface area (Å²) in [6.45, 7) is 2.02. The molecule has 116 valence electrons. The van der Waals surface area contributed by atoms with Gasteiger partial charge in [0.1, 0.15) is 11.5 Å². The molecule has 2 heterocycles. The highest BCUT2D eigenvalue weighted by molar-refractivity contribution is 5.88. The van der Waals surface area contributed by atoms with Crippen LogP contribution in [0.1, 0.15) is 30.7 Å². The van der Waals surface area contributed by atoms with Gasteiger partial charge in [-0.15, -0.1) is 0 Å². The largest absolute Gasteiger partial charge is 0.496 e. The molecule has 2 atom stereocenters. The average molecular weight is 300 g/mol. The van der Waals surface area contributed by atoms with Gasteiger partial charge >= 0.3 is 0 Å². The summed E-state index contributed by atoms with van der Waals surface area (Å²) in [5.74, 6) is 1.69. The first-order valence-electron chi connectivity index (χ1n) is 7.71. The van der Waals surface area contributed by atoms with Crippen LogP contribution >= 0.6 is 0 Å². The van der Waals surface area contributed by atoms with Crippen LogP contribution in [0.15, 0.2) is 18.2 Å². The van der Waals surface area contributed by atoms with Crippen LogP contribution in [0, 0.1) is 17.2 Å². The van der Waals surface area contributed by atoms with Crippen LogP contribution in [0.4, 0.5) is 0 Å². The van der Waals surface area contributed by atoms with E-state index in [0.29, 0.717) is 13.0 Å². The molecule has 3 rings (SSSR count). The number of amides is 1. The van der Waals surface area contributed by atoms with E-state index in [1.807, 2.05) is 23.1 Å². The molecule has 0 spiro atoms. The Morgan fingerprint density at radius 3 is 3.09 bits per heavy atom. The standard InChI is InChI=1S/C17H20N2O3/c1-21-13-6-5-7-14-16(13)15-12(11-22-14)10-19(17(15)20)9-4-2-3-8-18/h5-7,12,15H,2-4,9-11H2,1H3. The van der Waals surface area contributed by atoms with Gasteiger partial charge in [-0.25, -0.2) is 0 Å². The number of nitriles is 1. The van der Waals surface area contributed by atoms with Crippen molar-refractivity contribution in [2.45, 2.75) is 25.2 Å². The number of hydrogen-bond donors (Lipinski definition) is 0. The van der Waals surface area contributed by atoms with Crippen molar-refractivity contribution in [1.82, 2.24) is 4.90 Å². The first-order valence-corrected chi connectivity index (χ1v) is 7.71. The van der Waals surface area contributed by atoms with Gasteiger partial charge in [0, 0.05) is 31.0 Å². The van der Waals surface area contributed by atoms with Gasteiger partial charge < -0.3 is 14.4 Å². The Bertz CT molecular complexity index is 594. The molecule has 5 nitrogen and oxygen atoms in total. The summed E-state index contributed by atoms with van der Waals surface area (Å²) in [6.07, 6.45) is 2.26. The average Bonchev–Trinajstić information content (AvgIpc) is 2.87. The summed E-state index contributed by atoms with van der Waals surface area (Å²) in [6, 6.07) is 7.81. The topological polar surface area (TPSA) is 62.6 Å². The molecule has 22 heavy (non-hydrogen) atoms. The second-order valence-electron chi connectivity index (χ2n) is 5.82. The molecule has 2 aliphatic heterocycles. The monoisotopic (exact) mass is 300 g/mol. The van der Waals surface area contributed by atoms with Crippen molar-refractivity contribution >= 4 is 5.91 Å². The Balaban J connectivity index is 1.79. The smallest absolute Gasteiger partial charge is 0.230 e. The van der Waals surface area contributed by atoms with E-state index in [-0.39, 0.29) is 17.7 Å². The number of nitrogens with zero attached hydrogens (tertiary/aromatic N) is 2. The highest BCUT2D eigenvalue weighted by Crippen LogP contribution is 2.46. The molecule has 0 radical (unpaired) electrons. The first-order chi connectivity index (χ1) is 10.8. The second-order valence-corrected chi connectivity index (χ2v) is 5.82. The summed E-state index contributed by atoms with van der Waals surface area (Å²) in [4.78, 5) is 14.7. The predicted molar refractivity (Wildman–Crippen MR) is 80.8 cm³/mol. The third-order valence-corrected chi connectivity index (χ3v) is 4.48. The van der Waals surface area contributed by atoms with Crippen molar-refractivity contribution in [2.75, 3.05) is 26.8 Å². The van der Waals surface area contributed by atoms with Gasteiger partial charge in [0.05, 0.1) is 25.7 Å². The molecule has 0 saturated carbocycles. The number of benzene rings is 1. The molecule has 2 aliphatic rings. The summed E-state index contributed by atoms with van der Waals surface area (Å²) in [7, 11) is 1.62. The SMILES string of the molecule is COc1cccc2c1C1C(=O)N(CCCCC#N)CC1CO2. The molecule has 0 bridgehead atoms. The van der Waals surface area contributed by atoms with Crippen molar-refractivity contribution in [3.8, 4) is 17.6 Å². The number of unbranched alkanes of at least 4 members (excludes halogenated alkanes) is 2. The zero-order valence-corrected chi connectivity index (χ0v) is 12.7. The third kappa shape index (κ3) is 2.50. The third-order valence-electron chi connectivity index (χ3n) is 4.48. The van der Waals surface area contributed by atoms with Crippen molar-refractivity contribution < 1.29 is 14.3 Å². The molecule has 2 unspecified atom stereocenters. The van der Waals surface area contributed by atoms with Gasteiger partial charge in [-0.2, -0.15) is 5.26 Å². The van der Waals surface area contributed by atoms with Crippen LogP contribution in [0.3, 0.4) is 0 Å². The van der Waals surface area contributed by atoms with E-state index in [2.05, 4.69) is 6.07 Å².